The van der Waals surface area contributed by atoms with Gasteiger partial charge < -0.3 is 11.1 Å². The Kier molecular flexibility index (Phi) is 7.36. The molecule has 132 valence electrons. The van der Waals surface area contributed by atoms with Gasteiger partial charge in [0.2, 0.25) is 5.91 Å². The summed E-state index contributed by atoms with van der Waals surface area (Å²) in [5, 5.41) is 7.63. The molecule has 2 fully saturated rings. The van der Waals surface area contributed by atoms with Gasteiger partial charge in [-0.3, -0.25) is 9.48 Å². The quantitative estimate of drug-likeness (QED) is 0.866. The Hall–Kier alpha value is -0.780. The number of nitrogens with zero attached hydrogens (tertiary/aromatic N) is 2. The number of rotatable bonds is 3. The monoisotopic (exact) mass is 362 g/mol. The van der Waals surface area contributed by atoms with Gasteiger partial charge in [0, 0.05) is 17.8 Å². The fraction of sp³-hybridized carbons (Fsp3) is 0.750. The van der Waals surface area contributed by atoms with E-state index in [0.29, 0.717) is 30.5 Å². The molecule has 1 amide bonds. The third-order valence-corrected chi connectivity index (χ3v) is 5.10. The average Bonchev–Trinajstić information content (AvgIpc) is 2.69. The Balaban J connectivity index is 0.00000132. The van der Waals surface area contributed by atoms with Crippen LogP contribution in [0.25, 0.3) is 0 Å². The zero-order valence-corrected chi connectivity index (χ0v) is 15.5. The summed E-state index contributed by atoms with van der Waals surface area (Å²) in [7, 11) is 0. The molecule has 23 heavy (non-hydrogen) atoms. The molecule has 3 N–H and O–H groups in total. The van der Waals surface area contributed by atoms with Crippen molar-refractivity contribution in [3.05, 3.63) is 17.5 Å². The highest BCUT2D eigenvalue weighted by Gasteiger charge is 2.39. The lowest BCUT2D eigenvalue weighted by atomic mass is 9.67. The molecule has 5 nitrogen and oxygen atoms in total. The highest BCUT2D eigenvalue weighted by atomic mass is 35.5. The average molecular weight is 363 g/mol. The van der Waals surface area contributed by atoms with Gasteiger partial charge in [-0.1, -0.05) is 6.42 Å². The van der Waals surface area contributed by atoms with Gasteiger partial charge in [-0.25, -0.2) is 0 Å². The van der Waals surface area contributed by atoms with E-state index in [1.807, 2.05) is 19.9 Å². The van der Waals surface area contributed by atoms with Crippen molar-refractivity contribution >= 4 is 30.7 Å². The first-order valence-corrected chi connectivity index (χ1v) is 8.09. The lowest BCUT2D eigenvalue weighted by molar-refractivity contribution is -0.124. The predicted molar refractivity (Wildman–Crippen MR) is 96.2 cm³/mol. The molecule has 2 aliphatic carbocycles. The van der Waals surface area contributed by atoms with E-state index in [1.54, 1.807) is 4.68 Å². The summed E-state index contributed by atoms with van der Waals surface area (Å²) < 4.78 is 1.79. The molecule has 1 aromatic rings. The van der Waals surface area contributed by atoms with Crippen LogP contribution in [0, 0.1) is 25.7 Å². The van der Waals surface area contributed by atoms with E-state index in [1.165, 1.54) is 19.3 Å². The number of aryl methyl sites for hydroxylation is 2. The highest BCUT2D eigenvalue weighted by Crippen LogP contribution is 2.39. The van der Waals surface area contributed by atoms with Gasteiger partial charge in [0.1, 0.15) is 6.54 Å². The Morgan fingerprint density at radius 3 is 2.43 bits per heavy atom. The Morgan fingerprint density at radius 2 is 1.91 bits per heavy atom. The molecule has 0 aromatic carbocycles. The maximum absolute atomic E-state index is 12.4. The third kappa shape index (κ3) is 4.61. The van der Waals surface area contributed by atoms with Crippen molar-refractivity contribution in [1.82, 2.24) is 15.1 Å². The lowest BCUT2D eigenvalue weighted by Gasteiger charge is -2.45. The number of hydrogen-bond acceptors (Lipinski definition) is 3. The van der Waals surface area contributed by atoms with E-state index in [9.17, 15) is 4.79 Å². The van der Waals surface area contributed by atoms with Crippen molar-refractivity contribution < 1.29 is 4.79 Å². The SMILES string of the molecule is Cc1cc(C)n(CC(=O)NC2C3CCCC2CC(N)C3)n1.Cl.Cl. The van der Waals surface area contributed by atoms with Crippen molar-refractivity contribution in [2.24, 2.45) is 17.6 Å². The van der Waals surface area contributed by atoms with Crippen molar-refractivity contribution in [3.63, 3.8) is 0 Å². The van der Waals surface area contributed by atoms with Crippen LogP contribution in [0.15, 0.2) is 6.07 Å². The molecule has 1 aromatic heterocycles. The molecule has 0 saturated heterocycles. The summed E-state index contributed by atoms with van der Waals surface area (Å²) >= 11 is 0. The minimum atomic E-state index is 0. The van der Waals surface area contributed by atoms with E-state index >= 15 is 0 Å². The van der Waals surface area contributed by atoms with Crippen LogP contribution in [0.4, 0.5) is 0 Å². The van der Waals surface area contributed by atoms with Crippen molar-refractivity contribution in [2.75, 3.05) is 0 Å². The molecule has 1 heterocycles. The van der Waals surface area contributed by atoms with Gasteiger partial charge in [0.15, 0.2) is 0 Å². The van der Waals surface area contributed by atoms with Crippen LogP contribution in [-0.4, -0.2) is 27.8 Å². The minimum Gasteiger partial charge on any atom is -0.351 e. The number of halogens is 2. The van der Waals surface area contributed by atoms with E-state index in [-0.39, 0.29) is 30.7 Å². The van der Waals surface area contributed by atoms with Crippen molar-refractivity contribution in [3.8, 4) is 0 Å². The van der Waals surface area contributed by atoms with Crippen LogP contribution in [0.1, 0.15) is 43.5 Å². The Labute approximate surface area is 150 Å². The summed E-state index contributed by atoms with van der Waals surface area (Å²) in [6.07, 6.45) is 5.80. The molecule has 7 heteroatoms. The highest BCUT2D eigenvalue weighted by molar-refractivity contribution is 5.85. The van der Waals surface area contributed by atoms with Gasteiger partial charge in [0.05, 0.1) is 5.69 Å². The van der Waals surface area contributed by atoms with Gasteiger partial charge >= 0.3 is 0 Å². The second-order valence-corrected chi connectivity index (χ2v) is 6.86. The van der Waals surface area contributed by atoms with Crippen molar-refractivity contribution in [1.29, 1.82) is 0 Å². The summed E-state index contributed by atoms with van der Waals surface area (Å²) in [5.41, 5.74) is 8.13. The number of carbonyl (C=O) groups excluding carboxylic acids is 1. The number of carbonyl (C=O) groups is 1. The summed E-state index contributed by atoms with van der Waals surface area (Å²) in [6.45, 7) is 4.26. The third-order valence-electron chi connectivity index (χ3n) is 5.10. The fourth-order valence-corrected chi connectivity index (χ4v) is 4.23. The molecule has 3 rings (SSSR count). The van der Waals surface area contributed by atoms with Gasteiger partial charge in [-0.2, -0.15) is 5.10 Å². The van der Waals surface area contributed by atoms with Crippen LogP contribution in [0.2, 0.25) is 0 Å². The second kappa shape index (κ2) is 8.36. The predicted octanol–water partition coefficient (Wildman–Crippen LogP) is 2.37. The molecular weight excluding hydrogens is 335 g/mol. The Morgan fingerprint density at radius 1 is 1.30 bits per heavy atom. The summed E-state index contributed by atoms with van der Waals surface area (Å²) in [6, 6.07) is 2.65. The van der Waals surface area contributed by atoms with Crippen LogP contribution >= 0.6 is 24.8 Å². The number of hydrogen-bond donors (Lipinski definition) is 2. The molecule has 2 unspecified atom stereocenters. The van der Waals surface area contributed by atoms with E-state index in [0.717, 1.165) is 24.2 Å². The second-order valence-electron chi connectivity index (χ2n) is 6.86. The minimum absolute atomic E-state index is 0. The molecule has 2 bridgehead atoms. The summed E-state index contributed by atoms with van der Waals surface area (Å²) in [5.74, 6) is 1.22. The first-order chi connectivity index (χ1) is 10.0. The maximum atomic E-state index is 12.4. The number of aromatic nitrogens is 2. The van der Waals surface area contributed by atoms with Crippen LogP contribution in [-0.2, 0) is 11.3 Å². The van der Waals surface area contributed by atoms with E-state index in [4.69, 9.17) is 5.73 Å². The number of nitrogens with two attached hydrogens (primary N) is 1. The largest absolute Gasteiger partial charge is 0.351 e. The van der Waals surface area contributed by atoms with Gasteiger partial charge in [-0.15, -0.1) is 24.8 Å². The molecule has 0 aliphatic heterocycles. The fourth-order valence-electron chi connectivity index (χ4n) is 4.23. The first kappa shape index (κ1) is 20.3. The van der Waals surface area contributed by atoms with Crippen LogP contribution in [0.5, 0.6) is 0 Å². The lowest BCUT2D eigenvalue weighted by Crippen LogP contribution is -2.54. The van der Waals surface area contributed by atoms with E-state index in [2.05, 4.69) is 10.4 Å². The van der Waals surface area contributed by atoms with Gasteiger partial charge in [-0.05, 0) is 57.4 Å². The first-order valence-electron chi connectivity index (χ1n) is 8.09. The maximum Gasteiger partial charge on any atom is 0.241 e. The molecule has 2 atom stereocenters. The van der Waals surface area contributed by atoms with Gasteiger partial charge in [0.25, 0.3) is 0 Å². The number of amides is 1. The number of nitrogens with one attached hydrogen (secondary N) is 1. The number of fused-ring (bicyclic) bond motifs is 2. The molecule has 2 aliphatic rings. The van der Waals surface area contributed by atoms with Crippen LogP contribution in [0.3, 0.4) is 0 Å². The smallest absolute Gasteiger partial charge is 0.241 e. The van der Waals surface area contributed by atoms with E-state index < -0.39 is 0 Å². The standard InChI is InChI=1S/C16H26N4O.2ClH/c1-10-6-11(2)20(19-10)9-15(21)18-16-12-4-3-5-13(16)8-14(17)7-12;;/h6,12-14,16H,3-5,7-9,17H2,1-2H3,(H,18,21);2*1H. The normalized spacial score (nSPS) is 29.2. The molecule has 2 saturated carbocycles. The molecule has 0 spiro atoms. The zero-order valence-electron chi connectivity index (χ0n) is 13.8. The molecule has 0 radical (unpaired) electrons. The van der Waals surface area contributed by atoms with Crippen molar-refractivity contribution in [2.45, 2.75) is 64.6 Å². The Bertz CT molecular complexity index is 520. The zero-order chi connectivity index (χ0) is 15.0. The summed E-state index contributed by atoms with van der Waals surface area (Å²) in [4.78, 5) is 12.4. The molecular formula is C16H28Cl2N4O. The topological polar surface area (TPSA) is 72.9 Å². The van der Waals surface area contributed by atoms with Crippen LogP contribution < -0.4 is 11.1 Å².